The van der Waals surface area contributed by atoms with Crippen LogP contribution < -0.4 is 5.32 Å². The predicted octanol–water partition coefficient (Wildman–Crippen LogP) is 2.35. The highest BCUT2D eigenvalue weighted by Gasteiger charge is 2.36. The van der Waals surface area contributed by atoms with Crippen molar-refractivity contribution >= 4 is 23.6 Å². The van der Waals surface area contributed by atoms with Gasteiger partial charge in [-0.3, -0.25) is 4.79 Å². The summed E-state index contributed by atoms with van der Waals surface area (Å²) in [5.41, 5.74) is 1.65. The fourth-order valence-corrected chi connectivity index (χ4v) is 3.57. The molecule has 1 heterocycles. The Labute approximate surface area is 122 Å². The van der Waals surface area contributed by atoms with E-state index >= 15 is 0 Å². The van der Waals surface area contributed by atoms with Crippen LogP contribution >= 0.6 is 11.8 Å². The molecule has 0 bridgehead atoms. The van der Waals surface area contributed by atoms with Gasteiger partial charge in [0, 0.05) is 17.0 Å². The first kappa shape index (κ1) is 15.0. The van der Waals surface area contributed by atoms with E-state index in [-0.39, 0.29) is 16.3 Å². The monoisotopic (exact) mass is 296 g/mol. The maximum atomic E-state index is 12.3. The van der Waals surface area contributed by atoms with Crippen LogP contribution in [0, 0.1) is 13.8 Å². The molecule has 1 aliphatic rings. The summed E-state index contributed by atoms with van der Waals surface area (Å²) in [6.07, 6.45) is 5.53. The van der Waals surface area contributed by atoms with Gasteiger partial charge in [-0.1, -0.05) is 6.42 Å². The number of hydrogen-bond donors (Lipinski definition) is 3. The van der Waals surface area contributed by atoms with Crippen molar-refractivity contribution in [2.75, 3.05) is 12.8 Å². The first-order valence-corrected chi connectivity index (χ1v) is 7.88. The minimum atomic E-state index is -1.04. The summed E-state index contributed by atoms with van der Waals surface area (Å²) in [5, 5.41) is 12.0. The van der Waals surface area contributed by atoms with Crippen LogP contribution in [0.4, 0.5) is 0 Å². The first-order chi connectivity index (χ1) is 9.40. The largest absolute Gasteiger partial charge is 0.477 e. The molecule has 3 N–H and O–H groups in total. The molecule has 0 aromatic carbocycles. The van der Waals surface area contributed by atoms with Gasteiger partial charge in [-0.05, 0) is 38.5 Å². The first-order valence-electron chi connectivity index (χ1n) is 6.66. The molecule has 1 aromatic rings. The van der Waals surface area contributed by atoms with Crippen molar-refractivity contribution in [3.8, 4) is 0 Å². The van der Waals surface area contributed by atoms with Crippen molar-refractivity contribution < 1.29 is 14.7 Å². The highest BCUT2D eigenvalue weighted by molar-refractivity contribution is 8.00. The Morgan fingerprint density at radius 1 is 1.40 bits per heavy atom. The molecule has 0 spiro atoms. The smallest absolute Gasteiger partial charge is 0.352 e. The second kappa shape index (κ2) is 5.52. The fourth-order valence-electron chi connectivity index (χ4n) is 2.66. The van der Waals surface area contributed by atoms with E-state index in [1.807, 2.05) is 0 Å². The molecule has 1 amide bonds. The number of aromatic nitrogens is 1. The lowest BCUT2D eigenvalue weighted by atomic mass is 9.84. The lowest BCUT2D eigenvalue weighted by molar-refractivity contribution is 0.0690. The molecule has 0 atom stereocenters. The van der Waals surface area contributed by atoms with E-state index in [0.717, 1.165) is 12.8 Å². The zero-order valence-corrected chi connectivity index (χ0v) is 12.8. The standard InChI is InChI=1S/C14H20N2O3S/c1-8-10(9(2)16-11(8)13(18)19)12(17)15-7-14(20-3)5-4-6-14/h16H,4-7H2,1-3H3,(H,15,17)(H,18,19). The quantitative estimate of drug-likeness (QED) is 0.779. The van der Waals surface area contributed by atoms with Gasteiger partial charge in [-0.25, -0.2) is 4.79 Å². The number of rotatable bonds is 5. The Kier molecular flexibility index (Phi) is 4.13. The second-order valence-corrected chi connectivity index (χ2v) is 6.63. The van der Waals surface area contributed by atoms with Crippen LogP contribution in [0.15, 0.2) is 0 Å². The number of aryl methyl sites for hydroxylation is 1. The molecule has 1 fully saturated rings. The molecule has 5 nitrogen and oxygen atoms in total. The summed E-state index contributed by atoms with van der Waals surface area (Å²) in [4.78, 5) is 26.1. The second-order valence-electron chi connectivity index (χ2n) is 5.35. The Morgan fingerprint density at radius 3 is 2.45 bits per heavy atom. The molecule has 0 unspecified atom stereocenters. The zero-order chi connectivity index (χ0) is 14.9. The van der Waals surface area contributed by atoms with E-state index < -0.39 is 5.97 Å². The van der Waals surface area contributed by atoms with E-state index in [2.05, 4.69) is 16.6 Å². The molecule has 0 saturated heterocycles. The lowest BCUT2D eigenvalue weighted by Gasteiger charge is -2.40. The fraction of sp³-hybridized carbons (Fsp3) is 0.571. The molecule has 6 heteroatoms. The third-order valence-corrected chi connectivity index (χ3v) is 5.57. The van der Waals surface area contributed by atoms with Gasteiger partial charge in [0.25, 0.3) is 5.91 Å². The van der Waals surface area contributed by atoms with Crippen molar-refractivity contribution in [3.05, 3.63) is 22.5 Å². The van der Waals surface area contributed by atoms with Crippen molar-refractivity contribution in [1.82, 2.24) is 10.3 Å². The van der Waals surface area contributed by atoms with Crippen LogP contribution in [0.3, 0.4) is 0 Å². The summed E-state index contributed by atoms with van der Waals surface area (Å²) in [6, 6.07) is 0. The van der Waals surface area contributed by atoms with Crippen LogP contribution in [-0.2, 0) is 0 Å². The number of carboxylic acids is 1. The van der Waals surface area contributed by atoms with E-state index in [1.165, 1.54) is 6.42 Å². The van der Waals surface area contributed by atoms with Gasteiger partial charge in [-0.15, -0.1) is 0 Å². The molecule has 0 radical (unpaired) electrons. The third kappa shape index (κ3) is 2.57. The van der Waals surface area contributed by atoms with Crippen LogP contribution in [-0.4, -0.2) is 39.5 Å². The number of nitrogens with one attached hydrogen (secondary N) is 2. The summed E-state index contributed by atoms with van der Waals surface area (Å²) in [7, 11) is 0. The average Bonchev–Trinajstić information content (AvgIpc) is 2.64. The molecule has 1 aliphatic carbocycles. The van der Waals surface area contributed by atoms with Gasteiger partial charge in [0.05, 0.1) is 5.56 Å². The van der Waals surface area contributed by atoms with Crippen LogP contribution in [0.5, 0.6) is 0 Å². The Hall–Kier alpha value is -1.43. The van der Waals surface area contributed by atoms with Crippen molar-refractivity contribution in [3.63, 3.8) is 0 Å². The Bertz CT molecular complexity index is 541. The van der Waals surface area contributed by atoms with E-state index in [1.54, 1.807) is 25.6 Å². The maximum Gasteiger partial charge on any atom is 0.352 e. The third-order valence-electron chi connectivity index (χ3n) is 4.15. The van der Waals surface area contributed by atoms with Crippen LogP contribution in [0.1, 0.15) is 51.4 Å². The van der Waals surface area contributed by atoms with Gasteiger partial charge < -0.3 is 15.4 Å². The number of carbonyl (C=O) groups is 2. The molecular formula is C14H20N2O3S. The Balaban J connectivity index is 2.11. The lowest BCUT2D eigenvalue weighted by Crippen LogP contribution is -2.45. The molecular weight excluding hydrogens is 276 g/mol. The van der Waals surface area contributed by atoms with Gasteiger partial charge in [0.15, 0.2) is 0 Å². The van der Waals surface area contributed by atoms with Gasteiger partial charge in [0.1, 0.15) is 5.69 Å². The molecule has 110 valence electrons. The summed E-state index contributed by atoms with van der Waals surface area (Å²) < 4.78 is 0.170. The van der Waals surface area contributed by atoms with E-state index in [4.69, 9.17) is 5.11 Å². The van der Waals surface area contributed by atoms with Gasteiger partial charge in [0.2, 0.25) is 0 Å². The minimum absolute atomic E-state index is 0.0934. The molecule has 1 saturated carbocycles. The SMILES string of the molecule is CSC1(CNC(=O)c2c(C)[nH]c(C(=O)O)c2C)CCC1. The number of aromatic carboxylic acids is 1. The number of carbonyl (C=O) groups excluding carboxylic acids is 1. The number of thioether (sulfide) groups is 1. The van der Waals surface area contributed by atoms with E-state index in [0.29, 0.717) is 23.4 Å². The Morgan fingerprint density at radius 2 is 2.05 bits per heavy atom. The topological polar surface area (TPSA) is 82.2 Å². The molecule has 2 rings (SSSR count). The van der Waals surface area contributed by atoms with Crippen molar-refractivity contribution in [1.29, 1.82) is 0 Å². The average molecular weight is 296 g/mol. The number of amides is 1. The summed E-state index contributed by atoms with van der Waals surface area (Å²) in [5.74, 6) is -1.23. The zero-order valence-electron chi connectivity index (χ0n) is 12.0. The number of hydrogen-bond acceptors (Lipinski definition) is 3. The number of carboxylic acid groups (broad SMARTS) is 1. The predicted molar refractivity (Wildman–Crippen MR) is 79.7 cm³/mol. The van der Waals surface area contributed by atoms with E-state index in [9.17, 15) is 9.59 Å². The van der Waals surface area contributed by atoms with Crippen molar-refractivity contribution in [2.45, 2.75) is 37.9 Å². The van der Waals surface area contributed by atoms with Gasteiger partial charge in [-0.2, -0.15) is 11.8 Å². The number of aromatic amines is 1. The maximum absolute atomic E-state index is 12.3. The summed E-state index contributed by atoms with van der Waals surface area (Å²) in [6.45, 7) is 4.02. The minimum Gasteiger partial charge on any atom is -0.477 e. The van der Waals surface area contributed by atoms with Crippen molar-refractivity contribution in [2.24, 2.45) is 0 Å². The summed E-state index contributed by atoms with van der Waals surface area (Å²) >= 11 is 1.80. The molecule has 1 aromatic heterocycles. The molecule has 20 heavy (non-hydrogen) atoms. The van der Waals surface area contributed by atoms with Gasteiger partial charge >= 0.3 is 5.97 Å². The number of H-pyrrole nitrogens is 1. The van der Waals surface area contributed by atoms with Crippen LogP contribution in [0.2, 0.25) is 0 Å². The highest BCUT2D eigenvalue weighted by atomic mass is 32.2. The normalized spacial score (nSPS) is 16.6. The van der Waals surface area contributed by atoms with Crippen LogP contribution in [0.25, 0.3) is 0 Å². The molecule has 0 aliphatic heterocycles. The highest BCUT2D eigenvalue weighted by Crippen LogP contribution is 2.42.